The number of aryl methyl sites for hydroxylation is 2. The Balaban J connectivity index is 1.52. The minimum atomic E-state index is -1.01. The Morgan fingerprint density at radius 1 is 1.32 bits per heavy atom. The van der Waals surface area contributed by atoms with E-state index < -0.39 is 11.4 Å². The van der Waals surface area contributed by atoms with E-state index in [1.165, 1.54) is 0 Å². The van der Waals surface area contributed by atoms with Crippen LogP contribution < -0.4 is 4.74 Å². The predicted octanol–water partition coefficient (Wildman–Crippen LogP) is 2.39. The molecule has 0 radical (unpaired) electrons. The molecule has 1 N–H and O–H groups in total. The average molecular weight is 384 g/mol. The molecule has 2 aliphatic heterocycles. The van der Waals surface area contributed by atoms with Crippen molar-refractivity contribution < 1.29 is 24.0 Å². The first kappa shape index (κ1) is 18.5. The molecule has 0 saturated carbocycles. The van der Waals surface area contributed by atoms with Gasteiger partial charge in [0.05, 0.1) is 17.7 Å². The van der Waals surface area contributed by atoms with Gasteiger partial charge >= 0.3 is 5.97 Å². The second kappa shape index (κ2) is 6.96. The zero-order valence-corrected chi connectivity index (χ0v) is 16.1. The summed E-state index contributed by atoms with van der Waals surface area (Å²) in [6.07, 6.45) is 1.22. The van der Waals surface area contributed by atoms with Gasteiger partial charge in [0, 0.05) is 31.0 Å². The number of aliphatic carboxylic acids is 1. The standard InChI is InChI=1S/C21H24N2O5/c1-13-17(14(2)28-22-13)7-8-19(24)23-10-16-11-27-18-6-4-3-5-15(18)9-21(16,12-23)20(25)26/h3-6,16H,7-12H2,1-2H3,(H,25,26)/t16-,21+/m1/s1. The molecule has 1 amide bonds. The van der Waals surface area contributed by atoms with E-state index in [-0.39, 0.29) is 18.4 Å². The summed E-state index contributed by atoms with van der Waals surface area (Å²) in [5.74, 6) is 0.332. The molecular formula is C21H24N2O5. The second-order valence-corrected chi connectivity index (χ2v) is 7.83. The fourth-order valence-electron chi connectivity index (χ4n) is 4.47. The first-order chi connectivity index (χ1) is 13.4. The maximum atomic E-state index is 12.8. The fraction of sp³-hybridized carbons (Fsp3) is 0.476. The molecule has 148 valence electrons. The van der Waals surface area contributed by atoms with E-state index >= 15 is 0 Å². The lowest BCUT2D eigenvalue weighted by Crippen LogP contribution is -2.42. The normalized spacial score (nSPS) is 23.5. The van der Waals surface area contributed by atoms with E-state index in [1.807, 2.05) is 38.1 Å². The van der Waals surface area contributed by atoms with Crippen LogP contribution in [-0.4, -0.2) is 46.7 Å². The van der Waals surface area contributed by atoms with Crippen molar-refractivity contribution >= 4 is 11.9 Å². The van der Waals surface area contributed by atoms with Gasteiger partial charge in [-0.1, -0.05) is 23.4 Å². The number of hydrogen-bond acceptors (Lipinski definition) is 5. The van der Waals surface area contributed by atoms with Gasteiger partial charge in [0.1, 0.15) is 11.5 Å². The molecule has 4 rings (SSSR count). The summed E-state index contributed by atoms with van der Waals surface area (Å²) in [7, 11) is 0. The largest absolute Gasteiger partial charge is 0.493 e. The van der Waals surface area contributed by atoms with Gasteiger partial charge in [-0.15, -0.1) is 0 Å². The Bertz CT molecular complexity index is 902. The number of carbonyl (C=O) groups is 2. The van der Waals surface area contributed by atoms with Crippen molar-refractivity contribution in [1.29, 1.82) is 0 Å². The lowest BCUT2D eigenvalue weighted by Gasteiger charge is -2.27. The Morgan fingerprint density at radius 2 is 2.11 bits per heavy atom. The topological polar surface area (TPSA) is 92.9 Å². The third kappa shape index (κ3) is 3.04. The van der Waals surface area contributed by atoms with Crippen LogP contribution in [0.15, 0.2) is 28.8 Å². The van der Waals surface area contributed by atoms with Gasteiger partial charge in [0.25, 0.3) is 0 Å². The number of carbonyl (C=O) groups excluding carboxylic acids is 1. The van der Waals surface area contributed by atoms with E-state index in [0.717, 1.165) is 28.3 Å². The summed E-state index contributed by atoms with van der Waals surface area (Å²) < 4.78 is 11.0. The molecule has 2 aliphatic rings. The average Bonchev–Trinajstić information content (AvgIpc) is 3.15. The maximum Gasteiger partial charge on any atom is 0.312 e. The number of amides is 1. The van der Waals surface area contributed by atoms with Crippen LogP contribution >= 0.6 is 0 Å². The monoisotopic (exact) mass is 384 g/mol. The first-order valence-electron chi connectivity index (χ1n) is 9.54. The van der Waals surface area contributed by atoms with Gasteiger partial charge in [0.2, 0.25) is 5.91 Å². The molecule has 1 saturated heterocycles. The molecule has 28 heavy (non-hydrogen) atoms. The van der Waals surface area contributed by atoms with Crippen LogP contribution in [0.3, 0.4) is 0 Å². The van der Waals surface area contributed by atoms with Crippen LogP contribution in [0, 0.1) is 25.2 Å². The molecule has 3 heterocycles. The molecule has 1 fully saturated rings. The van der Waals surface area contributed by atoms with Gasteiger partial charge < -0.3 is 19.3 Å². The Morgan fingerprint density at radius 3 is 2.82 bits per heavy atom. The summed E-state index contributed by atoms with van der Waals surface area (Å²) in [6, 6.07) is 7.56. The molecule has 0 spiro atoms. The predicted molar refractivity (Wildman–Crippen MR) is 100 cm³/mol. The van der Waals surface area contributed by atoms with E-state index in [0.29, 0.717) is 32.4 Å². The number of fused-ring (bicyclic) bond motifs is 2. The molecule has 2 aromatic rings. The van der Waals surface area contributed by atoms with Crippen LogP contribution in [0.1, 0.15) is 29.0 Å². The molecule has 2 atom stereocenters. The summed E-state index contributed by atoms with van der Waals surface area (Å²) in [6.45, 7) is 4.61. The van der Waals surface area contributed by atoms with E-state index in [4.69, 9.17) is 9.26 Å². The van der Waals surface area contributed by atoms with Crippen LogP contribution in [0.25, 0.3) is 0 Å². The summed E-state index contributed by atoms with van der Waals surface area (Å²) in [5, 5.41) is 14.0. The highest BCUT2D eigenvalue weighted by Crippen LogP contribution is 2.44. The third-order valence-corrected chi connectivity index (χ3v) is 6.16. The minimum absolute atomic E-state index is 0.0398. The molecule has 0 unspecified atom stereocenters. The number of carboxylic acid groups (broad SMARTS) is 1. The molecular weight excluding hydrogens is 360 g/mol. The van der Waals surface area contributed by atoms with Crippen LogP contribution in [0.4, 0.5) is 0 Å². The quantitative estimate of drug-likeness (QED) is 0.870. The number of benzene rings is 1. The zero-order chi connectivity index (χ0) is 19.9. The first-order valence-corrected chi connectivity index (χ1v) is 9.54. The van der Waals surface area contributed by atoms with E-state index in [9.17, 15) is 14.7 Å². The van der Waals surface area contributed by atoms with Gasteiger partial charge in [-0.2, -0.15) is 0 Å². The van der Waals surface area contributed by atoms with Gasteiger partial charge in [-0.3, -0.25) is 9.59 Å². The Labute approximate surface area is 163 Å². The number of likely N-dealkylation sites (tertiary alicyclic amines) is 1. The number of carboxylic acids is 1. The van der Waals surface area contributed by atoms with Crippen molar-refractivity contribution in [3.05, 3.63) is 46.8 Å². The van der Waals surface area contributed by atoms with Crippen LogP contribution in [-0.2, 0) is 22.4 Å². The van der Waals surface area contributed by atoms with Crippen LogP contribution in [0.2, 0.25) is 0 Å². The SMILES string of the molecule is Cc1noc(C)c1CCC(=O)N1C[C@@H]2COc3ccccc3C[C@]2(C(=O)O)C1. The van der Waals surface area contributed by atoms with Crippen molar-refractivity contribution in [2.75, 3.05) is 19.7 Å². The highest BCUT2D eigenvalue weighted by Gasteiger charge is 2.55. The number of hydrogen-bond donors (Lipinski definition) is 1. The van der Waals surface area contributed by atoms with Crippen molar-refractivity contribution in [3.8, 4) is 5.75 Å². The maximum absolute atomic E-state index is 12.8. The fourth-order valence-corrected chi connectivity index (χ4v) is 4.47. The molecule has 1 aromatic carbocycles. The Hall–Kier alpha value is -2.83. The van der Waals surface area contributed by atoms with Gasteiger partial charge in [0.15, 0.2) is 0 Å². The molecule has 1 aromatic heterocycles. The summed E-state index contributed by atoms with van der Waals surface area (Å²) in [5.41, 5.74) is 1.62. The summed E-state index contributed by atoms with van der Waals surface area (Å²) >= 11 is 0. The van der Waals surface area contributed by atoms with E-state index in [2.05, 4.69) is 5.16 Å². The molecule has 0 aliphatic carbocycles. The molecule has 0 bridgehead atoms. The van der Waals surface area contributed by atoms with Gasteiger partial charge in [-0.25, -0.2) is 0 Å². The smallest absolute Gasteiger partial charge is 0.312 e. The van der Waals surface area contributed by atoms with Crippen molar-refractivity contribution in [2.24, 2.45) is 11.3 Å². The minimum Gasteiger partial charge on any atom is -0.493 e. The highest BCUT2D eigenvalue weighted by molar-refractivity contribution is 5.82. The van der Waals surface area contributed by atoms with E-state index in [1.54, 1.807) is 4.90 Å². The zero-order valence-electron chi connectivity index (χ0n) is 16.1. The van der Waals surface area contributed by atoms with Gasteiger partial charge in [-0.05, 0) is 38.3 Å². The summed E-state index contributed by atoms with van der Waals surface area (Å²) in [4.78, 5) is 26.8. The lowest BCUT2D eigenvalue weighted by molar-refractivity contribution is -0.151. The molecule has 7 nitrogen and oxygen atoms in total. The van der Waals surface area contributed by atoms with Crippen molar-refractivity contribution in [2.45, 2.75) is 33.1 Å². The highest BCUT2D eigenvalue weighted by atomic mass is 16.5. The van der Waals surface area contributed by atoms with Crippen LogP contribution in [0.5, 0.6) is 5.75 Å². The number of aromatic nitrogens is 1. The number of rotatable bonds is 4. The second-order valence-electron chi connectivity index (χ2n) is 7.83. The molecule has 7 heteroatoms. The number of ether oxygens (including phenoxy) is 1. The third-order valence-electron chi connectivity index (χ3n) is 6.16. The van der Waals surface area contributed by atoms with Crippen molar-refractivity contribution in [1.82, 2.24) is 10.1 Å². The Kier molecular flexibility index (Phi) is 4.61. The number of nitrogens with zero attached hydrogens (tertiary/aromatic N) is 2. The lowest BCUT2D eigenvalue weighted by atomic mass is 9.74. The number of para-hydroxylation sites is 1. The van der Waals surface area contributed by atoms with Crippen molar-refractivity contribution in [3.63, 3.8) is 0 Å².